The van der Waals surface area contributed by atoms with E-state index >= 15 is 0 Å². The first kappa shape index (κ1) is 20.4. The molecule has 0 radical (unpaired) electrons. The minimum absolute atomic E-state index is 0.545. The smallest absolute Gasteiger partial charge is 0.191 e. The molecule has 0 spiro atoms. The van der Waals surface area contributed by atoms with E-state index in [1.807, 2.05) is 19.1 Å². The van der Waals surface area contributed by atoms with E-state index in [0.717, 1.165) is 23.8 Å². The lowest BCUT2D eigenvalue weighted by molar-refractivity contribution is 0.347. The fourth-order valence-electron chi connectivity index (χ4n) is 2.73. The van der Waals surface area contributed by atoms with Gasteiger partial charge in [0, 0.05) is 24.7 Å². The second-order valence-electron chi connectivity index (χ2n) is 6.06. The fraction of sp³-hybridized carbons (Fsp3) is 0.381. The van der Waals surface area contributed by atoms with Gasteiger partial charge in [0.2, 0.25) is 0 Å². The van der Waals surface area contributed by atoms with Crippen molar-refractivity contribution in [2.45, 2.75) is 26.9 Å². The van der Waals surface area contributed by atoms with Crippen LogP contribution >= 0.6 is 0 Å². The van der Waals surface area contributed by atoms with E-state index in [1.54, 1.807) is 21.3 Å². The Balaban J connectivity index is 2.14. The van der Waals surface area contributed by atoms with Crippen molar-refractivity contribution < 1.29 is 14.2 Å². The molecular weight excluding hydrogens is 342 g/mol. The van der Waals surface area contributed by atoms with Crippen molar-refractivity contribution in [3.05, 3.63) is 53.1 Å². The predicted octanol–water partition coefficient (Wildman–Crippen LogP) is 3.28. The van der Waals surface area contributed by atoms with Crippen LogP contribution in [0.25, 0.3) is 0 Å². The number of methoxy groups -OCH3 is 3. The van der Waals surface area contributed by atoms with Crippen LogP contribution in [0.2, 0.25) is 0 Å². The van der Waals surface area contributed by atoms with E-state index in [9.17, 15) is 0 Å². The number of aryl methyl sites for hydroxylation is 1. The Hall–Kier alpha value is -2.89. The lowest BCUT2D eigenvalue weighted by Crippen LogP contribution is -2.36. The molecule has 0 aromatic heterocycles. The average Bonchev–Trinajstić information content (AvgIpc) is 2.69. The first-order valence-electron chi connectivity index (χ1n) is 8.97. The molecule has 27 heavy (non-hydrogen) atoms. The maximum atomic E-state index is 5.49. The molecule has 6 nitrogen and oxygen atoms in total. The predicted molar refractivity (Wildman–Crippen MR) is 109 cm³/mol. The first-order valence-corrected chi connectivity index (χ1v) is 8.97. The number of aliphatic imine (C=N–C) groups is 1. The topological polar surface area (TPSA) is 64.1 Å². The minimum atomic E-state index is 0.545. The van der Waals surface area contributed by atoms with Gasteiger partial charge in [-0.1, -0.05) is 29.8 Å². The molecule has 0 bridgehead atoms. The summed E-state index contributed by atoms with van der Waals surface area (Å²) in [5.41, 5.74) is 3.36. The summed E-state index contributed by atoms with van der Waals surface area (Å²) in [5.74, 6) is 2.78. The van der Waals surface area contributed by atoms with Crippen LogP contribution in [-0.4, -0.2) is 33.8 Å². The van der Waals surface area contributed by atoms with Crippen LogP contribution in [-0.2, 0) is 13.1 Å². The summed E-state index contributed by atoms with van der Waals surface area (Å²) in [6.07, 6.45) is 0. The van der Waals surface area contributed by atoms with E-state index in [2.05, 4.69) is 46.8 Å². The molecule has 0 aliphatic heterocycles. The molecule has 0 aliphatic carbocycles. The van der Waals surface area contributed by atoms with Gasteiger partial charge in [0.05, 0.1) is 27.9 Å². The normalized spacial score (nSPS) is 11.1. The summed E-state index contributed by atoms with van der Waals surface area (Å²) in [7, 11) is 4.87. The molecule has 2 N–H and O–H groups in total. The van der Waals surface area contributed by atoms with E-state index < -0.39 is 0 Å². The molecular formula is C21H29N3O3. The highest BCUT2D eigenvalue weighted by atomic mass is 16.5. The standard InChI is InChI=1S/C21H29N3O3/c1-6-22-21(23-13-16-9-7-8-15(2)10-16)24-14-17-11-19(26-4)20(27-5)12-18(17)25-3/h7-12H,6,13-14H2,1-5H3,(H2,22,23,24). The highest BCUT2D eigenvalue weighted by molar-refractivity contribution is 5.79. The molecule has 0 aliphatic rings. The van der Waals surface area contributed by atoms with Gasteiger partial charge in [-0.3, -0.25) is 0 Å². The second-order valence-corrected chi connectivity index (χ2v) is 6.06. The molecule has 0 heterocycles. The zero-order valence-corrected chi connectivity index (χ0v) is 16.8. The number of hydrogen-bond donors (Lipinski definition) is 2. The van der Waals surface area contributed by atoms with Crippen LogP contribution in [0.4, 0.5) is 0 Å². The van der Waals surface area contributed by atoms with Gasteiger partial charge in [-0.05, 0) is 25.5 Å². The van der Waals surface area contributed by atoms with Crippen LogP contribution in [0.3, 0.4) is 0 Å². The maximum absolute atomic E-state index is 5.49. The van der Waals surface area contributed by atoms with E-state index in [-0.39, 0.29) is 0 Å². The molecule has 0 unspecified atom stereocenters. The van der Waals surface area contributed by atoms with Crippen molar-refractivity contribution in [1.82, 2.24) is 10.6 Å². The van der Waals surface area contributed by atoms with Crippen LogP contribution in [0.15, 0.2) is 41.4 Å². The van der Waals surface area contributed by atoms with Gasteiger partial charge in [0.1, 0.15) is 5.75 Å². The Kier molecular flexibility index (Phi) is 7.79. The Labute approximate surface area is 161 Å². The molecule has 0 saturated carbocycles. The summed E-state index contributed by atoms with van der Waals surface area (Å²) in [4.78, 5) is 4.67. The molecule has 146 valence electrons. The summed E-state index contributed by atoms with van der Waals surface area (Å²) in [5, 5.41) is 6.62. The molecule has 2 rings (SSSR count). The second kappa shape index (κ2) is 10.3. The number of benzene rings is 2. The average molecular weight is 371 g/mol. The van der Waals surface area contributed by atoms with Crippen molar-refractivity contribution in [1.29, 1.82) is 0 Å². The molecule has 0 saturated heterocycles. The van der Waals surface area contributed by atoms with E-state index in [0.29, 0.717) is 24.6 Å². The molecule has 2 aromatic carbocycles. The highest BCUT2D eigenvalue weighted by Gasteiger charge is 2.12. The Morgan fingerprint density at radius 1 is 0.926 bits per heavy atom. The van der Waals surface area contributed by atoms with Gasteiger partial charge in [0.15, 0.2) is 17.5 Å². The molecule has 6 heteroatoms. The molecule has 0 fully saturated rings. The Bertz CT molecular complexity index is 775. The van der Waals surface area contributed by atoms with Crippen LogP contribution < -0.4 is 24.8 Å². The van der Waals surface area contributed by atoms with Crippen LogP contribution in [0.1, 0.15) is 23.6 Å². The van der Waals surface area contributed by atoms with E-state index in [4.69, 9.17) is 14.2 Å². The SMILES string of the molecule is CCNC(=NCc1cccc(C)c1)NCc1cc(OC)c(OC)cc1OC. The number of nitrogens with zero attached hydrogens (tertiary/aromatic N) is 1. The van der Waals surface area contributed by atoms with Crippen molar-refractivity contribution in [3.8, 4) is 17.2 Å². The number of ether oxygens (including phenoxy) is 3. The van der Waals surface area contributed by atoms with Gasteiger partial charge in [-0.25, -0.2) is 4.99 Å². The van der Waals surface area contributed by atoms with Gasteiger partial charge < -0.3 is 24.8 Å². The third-order valence-corrected chi connectivity index (χ3v) is 4.08. The van der Waals surface area contributed by atoms with Crippen LogP contribution in [0, 0.1) is 6.92 Å². The van der Waals surface area contributed by atoms with Gasteiger partial charge >= 0.3 is 0 Å². The van der Waals surface area contributed by atoms with Gasteiger partial charge in [-0.2, -0.15) is 0 Å². The van der Waals surface area contributed by atoms with E-state index in [1.165, 1.54) is 11.1 Å². The quantitative estimate of drug-likeness (QED) is 0.551. The molecule has 2 aromatic rings. The Morgan fingerprint density at radius 3 is 2.26 bits per heavy atom. The lowest BCUT2D eigenvalue weighted by atomic mass is 10.1. The van der Waals surface area contributed by atoms with Crippen LogP contribution in [0.5, 0.6) is 17.2 Å². The van der Waals surface area contributed by atoms with Gasteiger partial charge in [-0.15, -0.1) is 0 Å². The number of rotatable bonds is 8. The molecule has 0 amide bonds. The monoisotopic (exact) mass is 371 g/mol. The number of hydrogen-bond acceptors (Lipinski definition) is 4. The summed E-state index contributed by atoms with van der Waals surface area (Å²) >= 11 is 0. The first-order chi connectivity index (χ1) is 13.1. The lowest BCUT2D eigenvalue weighted by Gasteiger charge is -2.16. The zero-order valence-electron chi connectivity index (χ0n) is 16.8. The summed E-state index contributed by atoms with van der Waals surface area (Å²) < 4.78 is 16.2. The van der Waals surface area contributed by atoms with Crippen molar-refractivity contribution in [2.75, 3.05) is 27.9 Å². The zero-order chi connectivity index (χ0) is 19.6. The van der Waals surface area contributed by atoms with Crippen molar-refractivity contribution in [2.24, 2.45) is 4.99 Å². The largest absolute Gasteiger partial charge is 0.496 e. The van der Waals surface area contributed by atoms with Gasteiger partial charge in [0.25, 0.3) is 0 Å². The number of nitrogens with one attached hydrogen (secondary N) is 2. The third kappa shape index (κ3) is 5.81. The summed E-state index contributed by atoms with van der Waals surface area (Å²) in [6.45, 7) is 6.06. The molecule has 0 atom stereocenters. The minimum Gasteiger partial charge on any atom is -0.496 e. The van der Waals surface area contributed by atoms with Crippen molar-refractivity contribution >= 4 is 5.96 Å². The number of guanidine groups is 1. The third-order valence-electron chi connectivity index (χ3n) is 4.08. The Morgan fingerprint density at radius 2 is 1.63 bits per heavy atom. The fourth-order valence-corrected chi connectivity index (χ4v) is 2.73. The van der Waals surface area contributed by atoms with Crippen molar-refractivity contribution in [3.63, 3.8) is 0 Å². The highest BCUT2D eigenvalue weighted by Crippen LogP contribution is 2.34. The maximum Gasteiger partial charge on any atom is 0.191 e. The summed E-state index contributed by atoms with van der Waals surface area (Å²) in [6, 6.07) is 12.1.